The molecule has 210 valence electrons. The second-order valence-corrected chi connectivity index (χ2v) is 11.3. The van der Waals surface area contributed by atoms with Crippen LogP contribution in [0.2, 0.25) is 0 Å². The fourth-order valence-electron chi connectivity index (χ4n) is 7.32. The SMILES string of the molecule is Cl.Cl.Cl.Cl.c1cc(-c2cnc(C3CCCN3)[nH]2)cc(C23CCC(c4cnc(C5CCCN5)[nH]4)(CC2)CC3)c1. The summed E-state index contributed by atoms with van der Waals surface area (Å²) in [6.45, 7) is 2.21. The molecule has 38 heavy (non-hydrogen) atoms. The molecular weight excluding hydrogens is 562 g/mol. The molecular formula is C28H40Cl4N6. The summed E-state index contributed by atoms with van der Waals surface area (Å²) < 4.78 is 0. The lowest BCUT2D eigenvalue weighted by Crippen LogP contribution is -2.46. The average Bonchev–Trinajstić information content (AvgIpc) is 3.72. The van der Waals surface area contributed by atoms with Crippen molar-refractivity contribution >= 4 is 49.6 Å². The third-order valence-corrected chi connectivity index (χ3v) is 9.58. The van der Waals surface area contributed by atoms with Crippen LogP contribution < -0.4 is 10.6 Å². The summed E-state index contributed by atoms with van der Waals surface area (Å²) in [6, 6.07) is 10.1. The summed E-state index contributed by atoms with van der Waals surface area (Å²) in [6.07, 6.45) is 16.6. The number of hydrogen-bond acceptors (Lipinski definition) is 4. The lowest BCUT2D eigenvalue weighted by atomic mass is 9.51. The van der Waals surface area contributed by atoms with E-state index in [1.807, 2.05) is 6.20 Å². The van der Waals surface area contributed by atoms with Gasteiger partial charge in [-0.1, -0.05) is 18.2 Å². The van der Waals surface area contributed by atoms with Crippen molar-refractivity contribution < 1.29 is 0 Å². The minimum absolute atomic E-state index is 0. The van der Waals surface area contributed by atoms with E-state index in [-0.39, 0.29) is 49.6 Å². The number of aromatic amines is 2. The number of rotatable bonds is 5. The van der Waals surface area contributed by atoms with Crippen molar-refractivity contribution in [2.75, 3.05) is 13.1 Å². The van der Waals surface area contributed by atoms with Gasteiger partial charge in [-0.25, -0.2) is 9.97 Å². The van der Waals surface area contributed by atoms with Crippen LogP contribution in [0.25, 0.3) is 11.3 Å². The zero-order valence-electron chi connectivity index (χ0n) is 21.6. The second kappa shape index (κ2) is 12.5. The van der Waals surface area contributed by atoms with E-state index in [1.54, 1.807) is 0 Å². The highest BCUT2D eigenvalue weighted by atomic mass is 35.5. The first-order valence-electron chi connectivity index (χ1n) is 13.4. The molecule has 8 rings (SSSR count). The first kappa shape index (κ1) is 31.3. The van der Waals surface area contributed by atoms with Gasteiger partial charge in [0, 0.05) is 17.3 Å². The number of H-pyrrole nitrogens is 2. The molecule has 4 N–H and O–H groups in total. The Bertz CT molecular complexity index is 1160. The lowest BCUT2D eigenvalue weighted by Gasteiger charge is -2.53. The highest BCUT2D eigenvalue weighted by Gasteiger charge is 2.51. The quantitative estimate of drug-likeness (QED) is 0.257. The summed E-state index contributed by atoms with van der Waals surface area (Å²) in [5.74, 6) is 2.24. The topological polar surface area (TPSA) is 81.4 Å². The van der Waals surface area contributed by atoms with E-state index in [4.69, 9.17) is 9.97 Å². The van der Waals surface area contributed by atoms with Gasteiger partial charge >= 0.3 is 0 Å². The van der Waals surface area contributed by atoms with Crippen LogP contribution in [0.1, 0.15) is 99.2 Å². The van der Waals surface area contributed by atoms with Gasteiger partial charge in [-0.3, -0.25) is 0 Å². The molecule has 6 nitrogen and oxygen atoms in total. The predicted octanol–water partition coefficient (Wildman–Crippen LogP) is 6.88. The Morgan fingerprint density at radius 3 is 1.87 bits per heavy atom. The molecule has 2 unspecified atom stereocenters. The summed E-state index contributed by atoms with van der Waals surface area (Å²) in [4.78, 5) is 16.9. The van der Waals surface area contributed by atoms with Gasteiger partial charge in [0.25, 0.3) is 0 Å². The summed E-state index contributed by atoms with van der Waals surface area (Å²) in [5.41, 5.74) is 5.96. The molecule has 3 aromatic rings. The van der Waals surface area contributed by atoms with E-state index in [0.717, 1.165) is 30.4 Å². The zero-order chi connectivity index (χ0) is 22.6. The van der Waals surface area contributed by atoms with Crippen molar-refractivity contribution in [1.29, 1.82) is 0 Å². The van der Waals surface area contributed by atoms with Gasteiger partial charge in [0.15, 0.2) is 0 Å². The number of benzene rings is 1. The van der Waals surface area contributed by atoms with Crippen molar-refractivity contribution in [3.63, 3.8) is 0 Å². The molecule has 2 aliphatic heterocycles. The number of hydrogen-bond donors (Lipinski definition) is 4. The Labute approximate surface area is 250 Å². The fraction of sp³-hybridized carbons (Fsp3) is 0.571. The molecule has 5 aliphatic rings. The third kappa shape index (κ3) is 5.37. The Morgan fingerprint density at radius 2 is 1.26 bits per heavy atom. The van der Waals surface area contributed by atoms with E-state index in [9.17, 15) is 0 Å². The van der Waals surface area contributed by atoms with E-state index in [0.29, 0.717) is 22.9 Å². The largest absolute Gasteiger partial charge is 0.344 e. The summed E-state index contributed by atoms with van der Waals surface area (Å²) >= 11 is 0. The zero-order valence-corrected chi connectivity index (χ0v) is 24.9. The summed E-state index contributed by atoms with van der Waals surface area (Å²) in [5, 5.41) is 7.14. The monoisotopic (exact) mass is 600 g/mol. The summed E-state index contributed by atoms with van der Waals surface area (Å²) in [7, 11) is 0. The average molecular weight is 602 g/mol. The number of halogens is 4. The van der Waals surface area contributed by atoms with Gasteiger partial charge in [0.05, 0.1) is 24.0 Å². The first-order chi connectivity index (χ1) is 16.7. The number of aromatic nitrogens is 4. The van der Waals surface area contributed by atoms with Crippen LogP contribution in [0.4, 0.5) is 0 Å². The Balaban J connectivity index is 0.000001000. The van der Waals surface area contributed by atoms with Gasteiger partial charge < -0.3 is 20.6 Å². The van der Waals surface area contributed by atoms with Crippen molar-refractivity contribution in [3.05, 3.63) is 59.6 Å². The van der Waals surface area contributed by atoms with Crippen LogP contribution in [-0.4, -0.2) is 33.0 Å². The van der Waals surface area contributed by atoms with Crippen molar-refractivity contribution in [2.24, 2.45) is 0 Å². The Morgan fingerprint density at radius 1 is 0.684 bits per heavy atom. The number of imidazole rings is 2. The Hall–Kier alpha value is -1.28. The van der Waals surface area contributed by atoms with E-state index in [2.05, 4.69) is 51.1 Å². The van der Waals surface area contributed by atoms with Crippen molar-refractivity contribution in [1.82, 2.24) is 30.6 Å². The molecule has 0 spiro atoms. The maximum Gasteiger partial charge on any atom is 0.123 e. The van der Waals surface area contributed by atoms with Crippen molar-refractivity contribution in [3.8, 4) is 11.3 Å². The normalized spacial score (nSPS) is 29.6. The van der Waals surface area contributed by atoms with Crippen LogP contribution >= 0.6 is 49.6 Å². The molecule has 2 bridgehead atoms. The number of fused-ring (bicyclic) bond motifs is 3. The van der Waals surface area contributed by atoms with E-state index >= 15 is 0 Å². The smallest absolute Gasteiger partial charge is 0.123 e. The Kier molecular flexibility index (Phi) is 10.3. The highest BCUT2D eigenvalue weighted by molar-refractivity contribution is 5.86. The molecule has 10 heteroatoms. The third-order valence-electron chi connectivity index (χ3n) is 9.58. The minimum atomic E-state index is 0. The van der Waals surface area contributed by atoms with Crippen LogP contribution in [0.5, 0.6) is 0 Å². The minimum Gasteiger partial charge on any atom is -0.344 e. The molecule has 0 amide bonds. The van der Waals surface area contributed by atoms with Crippen LogP contribution in [-0.2, 0) is 10.8 Å². The van der Waals surface area contributed by atoms with Crippen LogP contribution in [0.15, 0.2) is 36.7 Å². The second-order valence-electron chi connectivity index (χ2n) is 11.3. The van der Waals surface area contributed by atoms with E-state index in [1.165, 1.54) is 81.0 Å². The van der Waals surface area contributed by atoms with Crippen LogP contribution in [0.3, 0.4) is 0 Å². The van der Waals surface area contributed by atoms with Gasteiger partial charge in [-0.15, -0.1) is 49.6 Å². The van der Waals surface area contributed by atoms with Gasteiger partial charge in [-0.05, 0) is 99.9 Å². The molecule has 3 aliphatic carbocycles. The maximum absolute atomic E-state index is 4.80. The molecule has 2 aromatic heterocycles. The van der Waals surface area contributed by atoms with Crippen molar-refractivity contribution in [2.45, 2.75) is 87.1 Å². The molecule has 2 atom stereocenters. The molecule has 3 saturated carbocycles. The van der Waals surface area contributed by atoms with E-state index < -0.39 is 0 Å². The van der Waals surface area contributed by atoms with Gasteiger partial charge in [0.2, 0.25) is 0 Å². The molecule has 2 saturated heterocycles. The molecule has 5 fully saturated rings. The number of nitrogens with one attached hydrogen (secondary N) is 4. The highest BCUT2D eigenvalue weighted by Crippen LogP contribution is 2.58. The van der Waals surface area contributed by atoms with Gasteiger partial charge in [-0.2, -0.15) is 0 Å². The standard InChI is InChI=1S/C28H36N6.4ClH/c1-4-19(23-17-31-25(33-23)21-6-2-14-29-21)16-20(5-1)27-8-11-28(12-9-27,13-10-27)24-18-32-26(34-24)22-7-3-15-30-22;;;;/h1,4-5,16-18,21-22,29-30H,2-3,6-15H2,(H,31,33)(H,32,34);4*1H. The lowest BCUT2D eigenvalue weighted by molar-refractivity contribution is 0.0989. The fourth-order valence-corrected chi connectivity index (χ4v) is 7.32. The molecule has 0 radical (unpaired) electrons. The van der Waals surface area contributed by atoms with Gasteiger partial charge in [0.1, 0.15) is 11.6 Å². The maximum atomic E-state index is 4.80. The van der Waals surface area contributed by atoms with Crippen LogP contribution in [0, 0.1) is 0 Å². The first-order valence-corrected chi connectivity index (χ1v) is 13.4. The molecule has 1 aromatic carbocycles. The predicted molar refractivity (Wildman–Crippen MR) is 163 cm³/mol. The number of nitrogens with zero attached hydrogens (tertiary/aromatic N) is 2. The molecule has 4 heterocycles.